The van der Waals surface area contributed by atoms with E-state index in [1.807, 2.05) is 6.07 Å². The number of hydrogen-bond acceptors (Lipinski definition) is 2. The Labute approximate surface area is 155 Å². The maximum Gasteiger partial charge on any atom is 0.416 e. The van der Waals surface area contributed by atoms with Crippen molar-refractivity contribution in [2.45, 2.75) is 32.1 Å². The van der Waals surface area contributed by atoms with Gasteiger partial charge in [0.25, 0.3) is 0 Å². The van der Waals surface area contributed by atoms with Gasteiger partial charge in [-0.25, -0.2) is 0 Å². The molecule has 0 atom stereocenters. The molecule has 1 aromatic heterocycles. The normalized spacial score (nSPS) is 12.1. The molecule has 2 aromatic rings. The molecule has 0 saturated carbocycles. The molecule has 0 aliphatic heterocycles. The summed E-state index contributed by atoms with van der Waals surface area (Å²) in [6.45, 7) is 1.70. The first-order valence-electron chi connectivity index (χ1n) is 8.66. The van der Waals surface area contributed by atoms with Crippen LogP contribution in [0.3, 0.4) is 0 Å². The molecule has 146 valence electrons. The molecule has 5 nitrogen and oxygen atoms in total. The quantitative estimate of drug-likeness (QED) is 0.441. The van der Waals surface area contributed by atoms with Crippen LogP contribution < -0.4 is 16.2 Å². The highest BCUT2D eigenvalue weighted by atomic mass is 19.4. The Morgan fingerprint density at radius 3 is 2.44 bits per heavy atom. The van der Waals surface area contributed by atoms with Crippen molar-refractivity contribution in [3.63, 3.8) is 0 Å². The monoisotopic (exact) mass is 380 g/mol. The molecule has 0 unspecified atom stereocenters. The highest BCUT2D eigenvalue weighted by molar-refractivity contribution is 5.79. The van der Waals surface area contributed by atoms with Crippen LogP contribution in [0.5, 0.6) is 0 Å². The van der Waals surface area contributed by atoms with Crippen LogP contribution in [-0.4, -0.2) is 24.1 Å². The Bertz CT molecular complexity index is 798. The van der Waals surface area contributed by atoms with E-state index < -0.39 is 11.7 Å². The standard InChI is InChI=1S/C19H23F3N4O/c1-23-18(24-11-3-5-13-26-12-4-2-6-17(26)27)25-14-15-7-9-16(10-8-15)19(20,21)22/h2,4,6-10,12H,3,5,11,13-14H2,1H3,(H2,23,24,25). The Kier molecular flexibility index (Phi) is 7.45. The second-order valence-corrected chi connectivity index (χ2v) is 5.99. The van der Waals surface area contributed by atoms with E-state index in [1.165, 1.54) is 18.2 Å². The third-order valence-corrected chi connectivity index (χ3v) is 3.98. The number of aromatic nitrogens is 1. The van der Waals surface area contributed by atoms with Crippen LogP contribution >= 0.6 is 0 Å². The van der Waals surface area contributed by atoms with Crippen molar-refractivity contribution in [1.29, 1.82) is 0 Å². The molecular formula is C19H23F3N4O. The number of rotatable bonds is 7. The van der Waals surface area contributed by atoms with Gasteiger partial charge in [0.1, 0.15) is 0 Å². The second kappa shape index (κ2) is 9.80. The second-order valence-electron chi connectivity index (χ2n) is 5.99. The van der Waals surface area contributed by atoms with Gasteiger partial charge >= 0.3 is 6.18 Å². The SMILES string of the molecule is CN=C(NCCCCn1ccccc1=O)NCc1ccc(C(F)(F)F)cc1. The fraction of sp³-hybridized carbons (Fsp3) is 0.368. The number of guanidine groups is 1. The van der Waals surface area contributed by atoms with E-state index in [1.54, 1.807) is 23.9 Å². The van der Waals surface area contributed by atoms with E-state index >= 15 is 0 Å². The number of hydrogen-bond donors (Lipinski definition) is 2. The summed E-state index contributed by atoms with van der Waals surface area (Å²) in [5.41, 5.74) is 0.0557. The van der Waals surface area contributed by atoms with Crippen LogP contribution in [0.2, 0.25) is 0 Å². The molecule has 27 heavy (non-hydrogen) atoms. The van der Waals surface area contributed by atoms with Gasteiger partial charge in [-0.05, 0) is 36.6 Å². The Balaban J connectivity index is 1.70. The average Bonchev–Trinajstić information content (AvgIpc) is 2.65. The molecule has 0 bridgehead atoms. The summed E-state index contributed by atoms with van der Waals surface area (Å²) < 4.78 is 39.3. The third kappa shape index (κ3) is 6.80. The molecule has 0 radical (unpaired) electrons. The summed E-state index contributed by atoms with van der Waals surface area (Å²) in [5.74, 6) is 0.576. The molecule has 2 rings (SSSR count). The summed E-state index contributed by atoms with van der Waals surface area (Å²) in [6.07, 6.45) is -0.871. The van der Waals surface area contributed by atoms with Gasteiger partial charge in [0, 0.05) is 38.9 Å². The fourth-order valence-electron chi connectivity index (χ4n) is 2.48. The van der Waals surface area contributed by atoms with Gasteiger partial charge in [-0.15, -0.1) is 0 Å². The highest BCUT2D eigenvalue weighted by Crippen LogP contribution is 2.28. The number of halogens is 3. The van der Waals surface area contributed by atoms with Crippen molar-refractivity contribution in [3.8, 4) is 0 Å². The van der Waals surface area contributed by atoms with Crippen molar-refractivity contribution in [2.75, 3.05) is 13.6 Å². The number of nitrogens with zero attached hydrogens (tertiary/aromatic N) is 2. The van der Waals surface area contributed by atoms with Crippen molar-refractivity contribution in [2.24, 2.45) is 4.99 Å². The zero-order valence-electron chi connectivity index (χ0n) is 15.1. The van der Waals surface area contributed by atoms with Gasteiger partial charge in [-0.2, -0.15) is 13.2 Å². The summed E-state index contributed by atoms with van der Waals surface area (Å²) in [4.78, 5) is 15.7. The molecule has 0 amide bonds. The molecule has 8 heteroatoms. The number of nitrogens with one attached hydrogen (secondary N) is 2. The van der Waals surface area contributed by atoms with Crippen molar-refractivity contribution < 1.29 is 13.2 Å². The smallest absolute Gasteiger partial charge is 0.356 e. The van der Waals surface area contributed by atoms with Crippen LogP contribution in [0.4, 0.5) is 13.2 Å². The maximum atomic E-state index is 12.6. The number of alkyl halides is 3. The predicted octanol–water partition coefficient (Wildman–Crippen LogP) is 3.01. The molecule has 0 aliphatic rings. The summed E-state index contributed by atoms with van der Waals surface area (Å²) >= 11 is 0. The zero-order valence-corrected chi connectivity index (χ0v) is 15.1. The van der Waals surface area contributed by atoms with Gasteiger partial charge in [-0.3, -0.25) is 9.79 Å². The predicted molar refractivity (Wildman–Crippen MR) is 99.6 cm³/mol. The summed E-state index contributed by atoms with van der Waals surface area (Å²) in [5, 5.41) is 6.21. The van der Waals surface area contributed by atoms with Crippen LogP contribution in [0, 0.1) is 0 Å². The van der Waals surface area contributed by atoms with E-state index in [2.05, 4.69) is 15.6 Å². The molecular weight excluding hydrogens is 357 g/mol. The molecule has 1 aromatic carbocycles. The summed E-state index contributed by atoms with van der Waals surface area (Å²) in [7, 11) is 1.63. The molecule has 2 N–H and O–H groups in total. The topological polar surface area (TPSA) is 58.4 Å². The minimum absolute atomic E-state index is 0.0144. The number of benzene rings is 1. The van der Waals surface area contributed by atoms with Crippen LogP contribution in [0.15, 0.2) is 58.4 Å². The van der Waals surface area contributed by atoms with E-state index in [-0.39, 0.29) is 5.56 Å². The van der Waals surface area contributed by atoms with Gasteiger partial charge in [0.15, 0.2) is 5.96 Å². The zero-order chi connectivity index (χ0) is 19.7. The van der Waals surface area contributed by atoms with Crippen molar-refractivity contribution in [3.05, 3.63) is 70.1 Å². The van der Waals surface area contributed by atoms with Crippen LogP contribution in [-0.2, 0) is 19.3 Å². The van der Waals surface area contributed by atoms with Gasteiger partial charge in [-0.1, -0.05) is 18.2 Å². The lowest BCUT2D eigenvalue weighted by atomic mass is 10.1. The first-order chi connectivity index (χ1) is 12.9. The largest absolute Gasteiger partial charge is 0.416 e. The minimum Gasteiger partial charge on any atom is -0.356 e. The Morgan fingerprint density at radius 1 is 1.07 bits per heavy atom. The molecule has 0 aliphatic carbocycles. The van der Waals surface area contributed by atoms with E-state index in [9.17, 15) is 18.0 Å². The molecule has 0 saturated heterocycles. The van der Waals surface area contributed by atoms with Crippen LogP contribution in [0.25, 0.3) is 0 Å². The number of aryl methyl sites for hydroxylation is 1. The van der Waals surface area contributed by atoms with Gasteiger partial charge < -0.3 is 15.2 Å². The lowest BCUT2D eigenvalue weighted by Gasteiger charge is -2.13. The van der Waals surface area contributed by atoms with Crippen molar-refractivity contribution in [1.82, 2.24) is 15.2 Å². The van der Waals surface area contributed by atoms with Gasteiger partial charge in [0.2, 0.25) is 5.56 Å². The lowest BCUT2D eigenvalue weighted by Crippen LogP contribution is -2.37. The Hall–Kier alpha value is -2.77. The minimum atomic E-state index is -4.32. The fourth-order valence-corrected chi connectivity index (χ4v) is 2.48. The number of aliphatic imine (C=N–C) groups is 1. The van der Waals surface area contributed by atoms with E-state index in [4.69, 9.17) is 0 Å². The lowest BCUT2D eigenvalue weighted by molar-refractivity contribution is -0.137. The highest BCUT2D eigenvalue weighted by Gasteiger charge is 2.29. The Morgan fingerprint density at radius 2 is 1.81 bits per heavy atom. The first kappa shape index (κ1) is 20.5. The summed E-state index contributed by atoms with van der Waals surface area (Å²) in [6, 6.07) is 10.1. The van der Waals surface area contributed by atoms with E-state index in [0.717, 1.165) is 30.5 Å². The number of pyridine rings is 1. The van der Waals surface area contributed by atoms with Crippen LogP contribution in [0.1, 0.15) is 24.0 Å². The number of unbranched alkanes of at least 4 members (excludes halogenated alkanes) is 1. The third-order valence-electron chi connectivity index (χ3n) is 3.98. The average molecular weight is 380 g/mol. The van der Waals surface area contributed by atoms with Crippen molar-refractivity contribution >= 4 is 5.96 Å². The van der Waals surface area contributed by atoms with Gasteiger partial charge in [0.05, 0.1) is 5.56 Å². The maximum absolute atomic E-state index is 12.6. The molecule has 0 spiro atoms. The molecule has 1 heterocycles. The molecule has 0 fully saturated rings. The first-order valence-corrected chi connectivity index (χ1v) is 8.66. The van der Waals surface area contributed by atoms with E-state index in [0.29, 0.717) is 25.6 Å².